The van der Waals surface area contributed by atoms with E-state index in [-0.39, 0.29) is 11.8 Å². The Balaban J connectivity index is 1.12. The molecule has 0 bridgehead atoms. The molecular formula is C24H31N5O4. The van der Waals surface area contributed by atoms with Gasteiger partial charge in [0, 0.05) is 38.2 Å². The lowest BCUT2D eigenvalue weighted by Gasteiger charge is -2.36. The first-order valence-electron chi connectivity index (χ1n) is 11.8. The zero-order valence-electron chi connectivity index (χ0n) is 19.2. The molecule has 0 atom stereocenters. The van der Waals surface area contributed by atoms with Gasteiger partial charge in [-0.1, -0.05) is 24.4 Å². The van der Waals surface area contributed by atoms with Crippen molar-refractivity contribution in [2.24, 2.45) is 5.41 Å². The molecule has 1 aromatic heterocycles. The summed E-state index contributed by atoms with van der Waals surface area (Å²) in [5.74, 6) is 1.99. The van der Waals surface area contributed by atoms with E-state index in [0.717, 1.165) is 63.2 Å². The van der Waals surface area contributed by atoms with Crippen molar-refractivity contribution < 1.29 is 18.8 Å². The van der Waals surface area contributed by atoms with Crippen molar-refractivity contribution in [3.63, 3.8) is 0 Å². The van der Waals surface area contributed by atoms with Gasteiger partial charge in [-0.15, -0.1) is 0 Å². The average molecular weight is 454 g/mol. The number of hydrogen-bond donors (Lipinski definition) is 0. The Morgan fingerprint density at radius 3 is 2.39 bits per heavy atom. The van der Waals surface area contributed by atoms with Crippen molar-refractivity contribution in [1.29, 1.82) is 0 Å². The van der Waals surface area contributed by atoms with Crippen molar-refractivity contribution >= 4 is 11.8 Å². The number of imide groups is 1. The summed E-state index contributed by atoms with van der Waals surface area (Å²) < 4.78 is 10.6. The van der Waals surface area contributed by atoms with Crippen molar-refractivity contribution in [1.82, 2.24) is 24.8 Å². The highest BCUT2D eigenvalue weighted by atomic mass is 16.5. The Hall–Kier alpha value is -2.78. The van der Waals surface area contributed by atoms with E-state index >= 15 is 0 Å². The lowest BCUT2D eigenvalue weighted by molar-refractivity contribution is -0.145. The van der Waals surface area contributed by atoms with Gasteiger partial charge in [-0.3, -0.25) is 24.3 Å². The van der Waals surface area contributed by atoms with Gasteiger partial charge >= 0.3 is 0 Å². The number of rotatable bonds is 6. The van der Waals surface area contributed by atoms with E-state index in [1.165, 1.54) is 11.3 Å². The summed E-state index contributed by atoms with van der Waals surface area (Å²) in [7, 11) is 1.63. The predicted octanol–water partition coefficient (Wildman–Crippen LogP) is 2.53. The number of carbonyl (C=O) groups is 2. The molecule has 3 aliphatic rings. The molecular weight excluding hydrogens is 422 g/mol. The maximum atomic E-state index is 13.1. The summed E-state index contributed by atoms with van der Waals surface area (Å²) in [4.78, 5) is 36.2. The molecule has 2 aliphatic heterocycles. The number of likely N-dealkylation sites (tertiary alicyclic amines) is 1. The van der Waals surface area contributed by atoms with Crippen LogP contribution in [0.4, 0.5) is 0 Å². The maximum absolute atomic E-state index is 13.1. The largest absolute Gasteiger partial charge is 0.497 e. The normalized spacial score (nSPS) is 21.8. The quantitative estimate of drug-likeness (QED) is 0.616. The molecule has 0 N–H and O–H groups in total. The van der Waals surface area contributed by atoms with Crippen LogP contribution in [0.1, 0.15) is 44.4 Å². The van der Waals surface area contributed by atoms with E-state index in [1.807, 2.05) is 24.3 Å². The van der Waals surface area contributed by atoms with Crippen LogP contribution in [0.15, 0.2) is 28.8 Å². The fourth-order valence-corrected chi connectivity index (χ4v) is 5.28. The van der Waals surface area contributed by atoms with E-state index in [1.54, 1.807) is 7.11 Å². The standard InChI is InChI=1S/C24H31N5O4/c1-32-19-7-5-18(6-8-19)22-25-20(33-26-22)16-27-11-13-28(14-12-27)17-29-21(30)15-24(23(29)31)9-3-2-4-10-24/h5-8H,2-4,9-17H2,1H3. The Labute approximate surface area is 193 Å². The van der Waals surface area contributed by atoms with Crippen LogP contribution >= 0.6 is 0 Å². The third kappa shape index (κ3) is 4.52. The molecule has 3 fully saturated rings. The predicted molar refractivity (Wildman–Crippen MR) is 120 cm³/mol. The first kappa shape index (κ1) is 22.0. The van der Waals surface area contributed by atoms with E-state index < -0.39 is 5.41 Å². The third-order valence-electron chi connectivity index (χ3n) is 7.28. The first-order valence-corrected chi connectivity index (χ1v) is 11.8. The molecule has 0 unspecified atom stereocenters. The molecule has 2 aromatic rings. The molecule has 2 saturated heterocycles. The van der Waals surface area contributed by atoms with Gasteiger partial charge < -0.3 is 9.26 Å². The molecule has 1 spiro atoms. The highest BCUT2D eigenvalue weighted by Crippen LogP contribution is 2.45. The highest BCUT2D eigenvalue weighted by molar-refractivity contribution is 6.05. The number of aromatic nitrogens is 2. The summed E-state index contributed by atoms with van der Waals surface area (Å²) in [5.41, 5.74) is 0.475. The van der Waals surface area contributed by atoms with Gasteiger partial charge in [0.25, 0.3) is 0 Å². The Morgan fingerprint density at radius 2 is 1.70 bits per heavy atom. The second kappa shape index (κ2) is 9.23. The van der Waals surface area contributed by atoms with E-state index in [2.05, 4.69) is 19.9 Å². The van der Waals surface area contributed by atoms with Gasteiger partial charge in [0.15, 0.2) is 0 Å². The molecule has 2 amide bonds. The summed E-state index contributed by atoms with van der Waals surface area (Å²) in [6.07, 6.45) is 5.42. The minimum absolute atomic E-state index is 0.00116. The number of ether oxygens (including phenoxy) is 1. The molecule has 33 heavy (non-hydrogen) atoms. The lowest BCUT2D eigenvalue weighted by Crippen LogP contribution is -2.51. The van der Waals surface area contributed by atoms with Gasteiger partial charge in [0.2, 0.25) is 23.5 Å². The average Bonchev–Trinajstić information content (AvgIpc) is 3.39. The van der Waals surface area contributed by atoms with Gasteiger partial charge in [-0.2, -0.15) is 4.98 Å². The second-order valence-corrected chi connectivity index (χ2v) is 9.42. The minimum atomic E-state index is -0.406. The smallest absolute Gasteiger partial charge is 0.241 e. The third-order valence-corrected chi connectivity index (χ3v) is 7.28. The van der Waals surface area contributed by atoms with Crippen LogP contribution in [0.3, 0.4) is 0 Å². The van der Waals surface area contributed by atoms with Crippen molar-refractivity contribution in [3.05, 3.63) is 30.2 Å². The van der Waals surface area contributed by atoms with Gasteiger partial charge in [-0.25, -0.2) is 0 Å². The first-order chi connectivity index (χ1) is 16.1. The number of amides is 2. The van der Waals surface area contributed by atoms with Crippen LogP contribution < -0.4 is 4.74 Å². The summed E-state index contributed by atoms with van der Waals surface area (Å²) in [6.45, 7) is 4.23. The van der Waals surface area contributed by atoms with E-state index in [9.17, 15) is 9.59 Å². The summed E-state index contributed by atoms with van der Waals surface area (Å²) >= 11 is 0. The molecule has 1 saturated carbocycles. The van der Waals surface area contributed by atoms with Crippen molar-refractivity contribution in [2.75, 3.05) is 40.0 Å². The molecule has 3 heterocycles. The molecule has 9 nitrogen and oxygen atoms in total. The minimum Gasteiger partial charge on any atom is -0.497 e. The topological polar surface area (TPSA) is 92.0 Å². The fraction of sp³-hybridized carbons (Fsp3) is 0.583. The highest BCUT2D eigenvalue weighted by Gasteiger charge is 2.51. The van der Waals surface area contributed by atoms with Crippen molar-refractivity contribution in [3.8, 4) is 17.1 Å². The number of benzene rings is 1. The molecule has 176 valence electrons. The molecule has 9 heteroatoms. The summed E-state index contributed by atoms with van der Waals surface area (Å²) in [5, 5.41) is 4.10. The van der Waals surface area contributed by atoms with E-state index in [0.29, 0.717) is 31.3 Å². The van der Waals surface area contributed by atoms with Crippen LogP contribution in [0, 0.1) is 5.41 Å². The summed E-state index contributed by atoms with van der Waals surface area (Å²) in [6, 6.07) is 7.56. The van der Waals surface area contributed by atoms with Crippen LogP contribution in [0.2, 0.25) is 0 Å². The Kier molecular flexibility index (Phi) is 6.16. The monoisotopic (exact) mass is 453 g/mol. The SMILES string of the molecule is COc1ccc(-c2noc(CN3CCN(CN4C(=O)CC5(CCCCC5)C4=O)CC3)n2)cc1. The lowest BCUT2D eigenvalue weighted by atomic mass is 9.73. The number of methoxy groups -OCH3 is 1. The molecule has 0 radical (unpaired) electrons. The van der Waals surface area contributed by atoms with Gasteiger partial charge in [0.05, 0.1) is 25.7 Å². The molecule has 5 rings (SSSR count). The van der Waals surface area contributed by atoms with Crippen LogP contribution in [0.5, 0.6) is 5.75 Å². The fourth-order valence-electron chi connectivity index (χ4n) is 5.28. The Morgan fingerprint density at radius 1 is 1.00 bits per heavy atom. The van der Waals surface area contributed by atoms with Gasteiger partial charge in [-0.05, 0) is 37.1 Å². The van der Waals surface area contributed by atoms with Crippen LogP contribution in [-0.2, 0) is 16.1 Å². The second-order valence-electron chi connectivity index (χ2n) is 9.42. The van der Waals surface area contributed by atoms with Crippen LogP contribution in [0.25, 0.3) is 11.4 Å². The number of hydrogen-bond acceptors (Lipinski definition) is 8. The van der Waals surface area contributed by atoms with E-state index in [4.69, 9.17) is 9.26 Å². The molecule has 1 aromatic carbocycles. The Bertz CT molecular complexity index is 991. The molecule has 1 aliphatic carbocycles. The number of piperazine rings is 1. The zero-order chi connectivity index (χ0) is 22.8. The number of nitrogens with zero attached hydrogens (tertiary/aromatic N) is 5. The maximum Gasteiger partial charge on any atom is 0.241 e. The zero-order valence-corrected chi connectivity index (χ0v) is 19.2. The number of carbonyl (C=O) groups excluding carboxylic acids is 2. The van der Waals surface area contributed by atoms with Gasteiger partial charge in [0.1, 0.15) is 5.75 Å². The van der Waals surface area contributed by atoms with Crippen LogP contribution in [-0.4, -0.2) is 76.6 Å². The van der Waals surface area contributed by atoms with Crippen molar-refractivity contribution in [2.45, 2.75) is 45.1 Å².